The maximum Gasteiger partial charge on any atom is 0.140 e. The second kappa shape index (κ2) is 3.66. The summed E-state index contributed by atoms with van der Waals surface area (Å²) >= 11 is 0. The molecule has 1 aromatic carbocycles. The molecule has 0 radical (unpaired) electrons. The minimum atomic E-state index is -0.209. The molecular weight excluding hydrogens is 193 g/mol. The Morgan fingerprint density at radius 1 is 1.33 bits per heavy atom. The highest BCUT2D eigenvalue weighted by molar-refractivity contribution is 5.85. The van der Waals surface area contributed by atoms with Crippen LogP contribution in [0.1, 0.15) is 16.9 Å². The first-order valence-corrected chi connectivity index (χ1v) is 4.97. The fraction of sp³-hybridized carbons (Fsp3) is 0.333. The summed E-state index contributed by atoms with van der Waals surface area (Å²) in [6, 6.07) is 3.23. The molecule has 2 rings (SSSR count). The van der Waals surface area contributed by atoms with Gasteiger partial charge in [-0.1, -0.05) is 6.07 Å². The van der Waals surface area contributed by atoms with Crippen LogP contribution >= 0.6 is 0 Å². The summed E-state index contributed by atoms with van der Waals surface area (Å²) in [5.41, 5.74) is 2.52. The maximum atomic E-state index is 13.6. The van der Waals surface area contributed by atoms with Gasteiger partial charge >= 0.3 is 0 Å². The molecule has 0 amide bonds. The van der Waals surface area contributed by atoms with Gasteiger partial charge in [0.15, 0.2) is 0 Å². The number of hydrogen-bond donors (Lipinski definition) is 1. The number of fused-ring (bicyclic) bond motifs is 1. The minimum Gasteiger partial charge on any atom is -0.459 e. The number of aryl methyl sites for hydroxylation is 2. The van der Waals surface area contributed by atoms with Crippen LogP contribution in [0.5, 0.6) is 0 Å². The van der Waals surface area contributed by atoms with E-state index in [-0.39, 0.29) is 5.82 Å². The van der Waals surface area contributed by atoms with Gasteiger partial charge in [0, 0.05) is 5.56 Å². The van der Waals surface area contributed by atoms with Crippen LogP contribution in [0.25, 0.3) is 11.0 Å². The highest BCUT2D eigenvalue weighted by Gasteiger charge is 2.14. The van der Waals surface area contributed by atoms with Crippen LogP contribution in [0.2, 0.25) is 0 Å². The predicted molar refractivity (Wildman–Crippen MR) is 58.4 cm³/mol. The third-order valence-corrected chi connectivity index (χ3v) is 2.66. The lowest BCUT2D eigenvalue weighted by atomic mass is 10.1. The molecule has 0 spiro atoms. The molecule has 0 bridgehead atoms. The first kappa shape index (κ1) is 10.2. The third kappa shape index (κ3) is 1.53. The summed E-state index contributed by atoms with van der Waals surface area (Å²) in [6.07, 6.45) is 0. The molecule has 0 saturated carbocycles. The van der Waals surface area contributed by atoms with Crippen molar-refractivity contribution in [2.45, 2.75) is 20.4 Å². The number of hydrogen-bond acceptors (Lipinski definition) is 2. The molecule has 0 aliphatic heterocycles. The van der Waals surface area contributed by atoms with E-state index in [9.17, 15) is 4.39 Å². The fourth-order valence-corrected chi connectivity index (χ4v) is 1.81. The van der Waals surface area contributed by atoms with Gasteiger partial charge in [-0.25, -0.2) is 4.39 Å². The molecular formula is C12H14FNO. The summed E-state index contributed by atoms with van der Waals surface area (Å²) < 4.78 is 19.2. The molecule has 0 unspecified atom stereocenters. The van der Waals surface area contributed by atoms with Crippen molar-refractivity contribution in [3.8, 4) is 0 Å². The van der Waals surface area contributed by atoms with E-state index in [2.05, 4.69) is 5.32 Å². The zero-order valence-electron chi connectivity index (χ0n) is 9.15. The lowest BCUT2D eigenvalue weighted by Crippen LogP contribution is -2.04. The lowest BCUT2D eigenvalue weighted by Gasteiger charge is -1.95. The smallest absolute Gasteiger partial charge is 0.140 e. The van der Waals surface area contributed by atoms with Crippen molar-refractivity contribution in [2.24, 2.45) is 0 Å². The average Bonchev–Trinajstić information content (AvgIpc) is 2.53. The van der Waals surface area contributed by atoms with E-state index in [0.717, 1.165) is 16.9 Å². The van der Waals surface area contributed by atoms with Gasteiger partial charge in [-0.2, -0.15) is 0 Å². The van der Waals surface area contributed by atoms with Crippen molar-refractivity contribution in [1.82, 2.24) is 5.32 Å². The predicted octanol–water partition coefficient (Wildman–Crippen LogP) is 2.91. The van der Waals surface area contributed by atoms with Gasteiger partial charge in [0.25, 0.3) is 0 Å². The van der Waals surface area contributed by atoms with E-state index in [0.29, 0.717) is 17.5 Å². The van der Waals surface area contributed by atoms with Crippen LogP contribution in [0, 0.1) is 19.7 Å². The van der Waals surface area contributed by atoms with Gasteiger partial charge in [-0.05, 0) is 32.5 Å². The topological polar surface area (TPSA) is 25.2 Å². The Morgan fingerprint density at radius 3 is 2.67 bits per heavy atom. The minimum absolute atomic E-state index is 0.209. The quantitative estimate of drug-likeness (QED) is 0.819. The summed E-state index contributed by atoms with van der Waals surface area (Å²) in [7, 11) is 1.84. The molecule has 0 aliphatic rings. The molecule has 1 N–H and O–H groups in total. The Bertz CT molecular complexity index is 502. The second-order valence-corrected chi connectivity index (χ2v) is 3.75. The first-order valence-electron chi connectivity index (χ1n) is 4.97. The summed E-state index contributed by atoms with van der Waals surface area (Å²) in [5, 5.41) is 3.62. The standard InChI is InChI=1S/C12H14FNO/c1-7-4-5-9(13)11-8(2)10(6-14-3)15-12(7)11/h4-5,14H,6H2,1-3H3. The van der Waals surface area contributed by atoms with E-state index >= 15 is 0 Å². The molecule has 3 heteroatoms. The van der Waals surface area contributed by atoms with Gasteiger partial charge in [-0.3, -0.25) is 0 Å². The fourth-order valence-electron chi connectivity index (χ4n) is 1.81. The first-order chi connectivity index (χ1) is 7.15. The lowest BCUT2D eigenvalue weighted by molar-refractivity contribution is 0.525. The van der Waals surface area contributed by atoms with E-state index in [1.54, 1.807) is 6.07 Å². The normalized spacial score (nSPS) is 11.2. The van der Waals surface area contributed by atoms with Crippen molar-refractivity contribution in [2.75, 3.05) is 7.05 Å². The molecule has 0 saturated heterocycles. The largest absolute Gasteiger partial charge is 0.459 e. The second-order valence-electron chi connectivity index (χ2n) is 3.75. The zero-order valence-corrected chi connectivity index (χ0v) is 9.15. The van der Waals surface area contributed by atoms with Crippen LogP contribution in [0.15, 0.2) is 16.5 Å². The number of rotatable bonds is 2. The van der Waals surface area contributed by atoms with Crippen molar-refractivity contribution in [3.63, 3.8) is 0 Å². The summed E-state index contributed by atoms with van der Waals surface area (Å²) in [4.78, 5) is 0. The monoisotopic (exact) mass is 207 g/mol. The van der Waals surface area contributed by atoms with Gasteiger partial charge in [0.2, 0.25) is 0 Å². The average molecular weight is 207 g/mol. The van der Waals surface area contributed by atoms with Crippen molar-refractivity contribution in [1.29, 1.82) is 0 Å². The molecule has 0 aliphatic carbocycles. The summed E-state index contributed by atoms with van der Waals surface area (Å²) in [6.45, 7) is 4.44. The molecule has 1 aromatic heterocycles. The molecule has 80 valence electrons. The number of halogens is 1. The molecule has 0 atom stereocenters. The third-order valence-electron chi connectivity index (χ3n) is 2.66. The zero-order chi connectivity index (χ0) is 11.0. The Labute approximate surface area is 88.1 Å². The Kier molecular flexibility index (Phi) is 2.49. The van der Waals surface area contributed by atoms with E-state index in [1.165, 1.54) is 6.07 Å². The van der Waals surface area contributed by atoms with E-state index in [1.807, 2.05) is 20.9 Å². The van der Waals surface area contributed by atoms with Crippen molar-refractivity contribution < 1.29 is 8.81 Å². The highest BCUT2D eigenvalue weighted by Crippen LogP contribution is 2.29. The van der Waals surface area contributed by atoms with Crippen molar-refractivity contribution >= 4 is 11.0 Å². The molecule has 15 heavy (non-hydrogen) atoms. The molecule has 2 nitrogen and oxygen atoms in total. The van der Waals surface area contributed by atoms with Gasteiger partial charge in [0.1, 0.15) is 17.2 Å². The van der Waals surface area contributed by atoms with E-state index < -0.39 is 0 Å². The number of nitrogens with one attached hydrogen (secondary N) is 1. The van der Waals surface area contributed by atoms with Crippen LogP contribution in [-0.4, -0.2) is 7.05 Å². The van der Waals surface area contributed by atoms with Crippen LogP contribution in [0.3, 0.4) is 0 Å². The van der Waals surface area contributed by atoms with Crippen molar-refractivity contribution in [3.05, 3.63) is 34.8 Å². The Hall–Kier alpha value is -1.35. The van der Waals surface area contributed by atoms with Crippen LogP contribution in [-0.2, 0) is 6.54 Å². The van der Waals surface area contributed by atoms with Gasteiger partial charge in [0.05, 0.1) is 11.9 Å². The maximum absolute atomic E-state index is 13.6. The number of benzene rings is 1. The molecule has 1 heterocycles. The van der Waals surface area contributed by atoms with Crippen LogP contribution < -0.4 is 5.32 Å². The summed E-state index contributed by atoms with van der Waals surface area (Å²) in [5.74, 6) is 0.597. The Balaban J connectivity index is 2.75. The van der Waals surface area contributed by atoms with Gasteiger partial charge < -0.3 is 9.73 Å². The number of furan rings is 1. The van der Waals surface area contributed by atoms with E-state index in [4.69, 9.17) is 4.42 Å². The highest BCUT2D eigenvalue weighted by atomic mass is 19.1. The molecule has 2 aromatic rings. The Morgan fingerprint density at radius 2 is 2.07 bits per heavy atom. The van der Waals surface area contributed by atoms with Gasteiger partial charge in [-0.15, -0.1) is 0 Å². The van der Waals surface area contributed by atoms with Crippen LogP contribution in [0.4, 0.5) is 4.39 Å². The molecule has 0 fully saturated rings. The SMILES string of the molecule is CNCc1oc2c(C)ccc(F)c2c1C.